The molecule has 0 spiro atoms. The van der Waals surface area contributed by atoms with E-state index in [0.717, 1.165) is 13.2 Å². The first kappa shape index (κ1) is 14.0. The number of hydrogen-bond acceptors (Lipinski definition) is 3. The van der Waals surface area contributed by atoms with Gasteiger partial charge in [0, 0.05) is 31.3 Å². The molecule has 2 saturated heterocycles. The molecule has 18 heavy (non-hydrogen) atoms. The van der Waals surface area contributed by atoms with Crippen LogP contribution < -0.4 is 5.32 Å². The molecular weight excluding hydrogens is 222 g/mol. The fourth-order valence-corrected chi connectivity index (χ4v) is 3.62. The molecule has 2 aliphatic rings. The predicted octanol–water partition coefficient (Wildman–Crippen LogP) is 2.06. The van der Waals surface area contributed by atoms with Gasteiger partial charge in [0.1, 0.15) is 0 Å². The van der Waals surface area contributed by atoms with Crippen LogP contribution in [0.2, 0.25) is 0 Å². The lowest BCUT2D eigenvalue weighted by Gasteiger charge is -2.42. The van der Waals surface area contributed by atoms with Gasteiger partial charge in [-0.3, -0.25) is 9.80 Å². The van der Waals surface area contributed by atoms with E-state index >= 15 is 0 Å². The second kappa shape index (κ2) is 5.72. The van der Waals surface area contributed by atoms with E-state index < -0.39 is 0 Å². The molecule has 1 N–H and O–H groups in total. The smallest absolute Gasteiger partial charge is 0.0486 e. The highest BCUT2D eigenvalue weighted by Crippen LogP contribution is 2.31. The van der Waals surface area contributed by atoms with Crippen molar-refractivity contribution in [3.8, 4) is 0 Å². The van der Waals surface area contributed by atoms with Gasteiger partial charge in [-0.25, -0.2) is 0 Å². The minimum absolute atomic E-state index is 0.202. The van der Waals surface area contributed by atoms with Gasteiger partial charge in [0.15, 0.2) is 0 Å². The molecule has 104 valence electrons. The summed E-state index contributed by atoms with van der Waals surface area (Å²) in [7, 11) is 0. The molecule has 1 atom stereocenters. The Morgan fingerprint density at radius 2 is 1.89 bits per heavy atom. The second-order valence-electron chi connectivity index (χ2n) is 6.14. The summed E-state index contributed by atoms with van der Waals surface area (Å²) in [6, 6.07) is 0.542. The van der Waals surface area contributed by atoms with E-state index in [-0.39, 0.29) is 5.54 Å². The van der Waals surface area contributed by atoms with Gasteiger partial charge in [-0.15, -0.1) is 0 Å². The van der Waals surface area contributed by atoms with Crippen LogP contribution in [0.15, 0.2) is 11.6 Å². The maximum Gasteiger partial charge on any atom is 0.0486 e. The van der Waals surface area contributed by atoms with Crippen LogP contribution in [0.3, 0.4) is 0 Å². The van der Waals surface area contributed by atoms with E-state index in [0.29, 0.717) is 6.04 Å². The van der Waals surface area contributed by atoms with Crippen molar-refractivity contribution in [2.24, 2.45) is 0 Å². The van der Waals surface area contributed by atoms with Crippen molar-refractivity contribution < 1.29 is 0 Å². The molecular formula is C15H29N3. The third kappa shape index (κ3) is 2.63. The summed E-state index contributed by atoms with van der Waals surface area (Å²) in [5.41, 5.74) is 1.78. The zero-order valence-electron chi connectivity index (χ0n) is 12.5. The Balaban J connectivity index is 2.11. The minimum Gasteiger partial charge on any atom is -0.303 e. The number of rotatable bonds is 4. The normalized spacial score (nSPS) is 25.9. The monoisotopic (exact) mass is 251 g/mol. The summed E-state index contributed by atoms with van der Waals surface area (Å²) in [5.74, 6) is 0. The number of allylic oxidation sites excluding steroid dienone is 1. The predicted molar refractivity (Wildman–Crippen MR) is 77.7 cm³/mol. The highest BCUT2D eigenvalue weighted by Gasteiger charge is 2.36. The molecule has 3 nitrogen and oxygen atoms in total. The Hall–Kier alpha value is -0.380. The zero-order chi connectivity index (χ0) is 13.2. The van der Waals surface area contributed by atoms with Crippen LogP contribution in [0, 0.1) is 0 Å². The largest absolute Gasteiger partial charge is 0.303 e. The molecule has 0 amide bonds. The topological polar surface area (TPSA) is 18.5 Å². The molecule has 0 aromatic carbocycles. The van der Waals surface area contributed by atoms with Gasteiger partial charge in [-0.05, 0) is 59.2 Å². The Labute approximate surface area is 112 Å². The number of likely N-dealkylation sites (tertiary alicyclic amines) is 1. The molecule has 0 aromatic rings. The molecule has 3 heteroatoms. The van der Waals surface area contributed by atoms with Crippen LogP contribution in [0.4, 0.5) is 0 Å². The lowest BCUT2D eigenvalue weighted by atomic mass is 9.86. The SMILES string of the molecule is CC=C(C(C)N1CCNC1)C(C)(C)N1CCCC1. The molecule has 2 rings (SSSR count). The average Bonchev–Trinajstić information content (AvgIpc) is 3.03. The third-order valence-electron chi connectivity index (χ3n) is 4.80. The van der Waals surface area contributed by atoms with Gasteiger partial charge in [0.25, 0.3) is 0 Å². The number of hydrogen-bond donors (Lipinski definition) is 1. The summed E-state index contributed by atoms with van der Waals surface area (Å²) >= 11 is 0. The maximum absolute atomic E-state index is 3.44. The molecule has 2 aliphatic heterocycles. The summed E-state index contributed by atoms with van der Waals surface area (Å²) in [4.78, 5) is 5.20. The Morgan fingerprint density at radius 3 is 2.39 bits per heavy atom. The van der Waals surface area contributed by atoms with E-state index in [4.69, 9.17) is 0 Å². The Morgan fingerprint density at radius 1 is 1.22 bits per heavy atom. The summed E-state index contributed by atoms with van der Waals surface area (Å²) in [6.45, 7) is 15.2. The van der Waals surface area contributed by atoms with Crippen molar-refractivity contribution >= 4 is 0 Å². The van der Waals surface area contributed by atoms with Gasteiger partial charge in [-0.1, -0.05) is 6.08 Å². The lowest BCUT2D eigenvalue weighted by molar-refractivity contribution is 0.160. The van der Waals surface area contributed by atoms with Crippen molar-refractivity contribution in [1.29, 1.82) is 0 Å². The maximum atomic E-state index is 3.44. The first-order valence-corrected chi connectivity index (χ1v) is 7.44. The van der Waals surface area contributed by atoms with E-state index in [1.165, 1.54) is 32.5 Å². The van der Waals surface area contributed by atoms with Crippen LogP contribution in [-0.4, -0.2) is 54.2 Å². The highest BCUT2D eigenvalue weighted by atomic mass is 15.3. The number of nitrogens with one attached hydrogen (secondary N) is 1. The van der Waals surface area contributed by atoms with Crippen LogP contribution in [-0.2, 0) is 0 Å². The average molecular weight is 251 g/mol. The summed E-state index contributed by atoms with van der Waals surface area (Å²) in [6.07, 6.45) is 5.07. The number of nitrogens with zero attached hydrogens (tertiary/aromatic N) is 2. The van der Waals surface area contributed by atoms with Crippen molar-refractivity contribution in [1.82, 2.24) is 15.1 Å². The van der Waals surface area contributed by atoms with Crippen LogP contribution >= 0.6 is 0 Å². The van der Waals surface area contributed by atoms with Gasteiger partial charge in [0.2, 0.25) is 0 Å². The van der Waals surface area contributed by atoms with Crippen LogP contribution in [0.1, 0.15) is 40.5 Å². The molecule has 0 saturated carbocycles. The van der Waals surface area contributed by atoms with E-state index in [1.54, 1.807) is 5.57 Å². The Bertz CT molecular complexity index is 297. The van der Waals surface area contributed by atoms with E-state index in [9.17, 15) is 0 Å². The molecule has 0 radical (unpaired) electrons. The van der Waals surface area contributed by atoms with Crippen molar-refractivity contribution in [2.45, 2.75) is 52.1 Å². The highest BCUT2D eigenvalue weighted by molar-refractivity contribution is 5.23. The summed E-state index contributed by atoms with van der Waals surface area (Å²) < 4.78 is 0. The standard InChI is InChI=1S/C15H29N3/c1-5-14(13(2)17-11-8-16-12-17)15(3,4)18-9-6-7-10-18/h5,13,16H,6-12H2,1-4H3. The summed E-state index contributed by atoms with van der Waals surface area (Å²) in [5, 5.41) is 3.44. The third-order valence-corrected chi connectivity index (χ3v) is 4.80. The Kier molecular flexibility index (Phi) is 4.46. The fourth-order valence-electron chi connectivity index (χ4n) is 3.62. The van der Waals surface area contributed by atoms with Gasteiger partial charge in [-0.2, -0.15) is 0 Å². The van der Waals surface area contributed by atoms with Crippen molar-refractivity contribution in [2.75, 3.05) is 32.8 Å². The molecule has 0 aromatic heterocycles. The van der Waals surface area contributed by atoms with Crippen molar-refractivity contribution in [3.63, 3.8) is 0 Å². The van der Waals surface area contributed by atoms with E-state index in [1.807, 2.05) is 0 Å². The first-order chi connectivity index (χ1) is 8.57. The molecule has 2 heterocycles. The molecule has 1 unspecified atom stereocenters. The molecule has 2 fully saturated rings. The van der Waals surface area contributed by atoms with Gasteiger partial charge < -0.3 is 5.32 Å². The van der Waals surface area contributed by atoms with Gasteiger partial charge >= 0.3 is 0 Å². The van der Waals surface area contributed by atoms with E-state index in [2.05, 4.69) is 48.9 Å². The quantitative estimate of drug-likeness (QED) is 0.772. The lowest BCUT2D eigenvalue weighted by Crippen LogP contribution is -2.49. The van der Waals surface area contributed by atoms with Crippen LogP contribution in [0.25, 0.3) is 0 Å². The fraction of sp³-hybridized carbons (Fsp3) is 0.867. The van der Waals surface area contributed by atoms with Crippen LogP contribution in [0.5, 0.6) is 0 Å². The minimum atomic E-state index is 0.202. The second-order valence-corrected chi connectivity index (χ2v) is 6.14. The zero-order valence-corrected chi connectivity index (χ0v) is 12.5. The molecule has 0 aliphatic carbocycles. The van der Waals surface area contributed by atoms with Gasteiger partial charge in [0.05, 0.1) is 0 Å². The van der Waals surface area contributed by atoms with Crippen molar-refractivity contribution in [3.05, 3.63) is 11.6 Å². The first-order valence-electron chi connectivity index (χ1n) is 7.44. The molecule has 0 bridgehead atoms.